The largest absolute Gasteiger partial charge is 0.132 e. The van der Waals surface area contributed by atoms with Crippen LogP contribution in [0.1, 0.15) is 10.4 Å². The molecule has 3 heteroatoms. The summed E-state index contributed by atoms with van der Waals surface area (Å²) in [5.74, 6) is 0. The second-order valence-electron chi connectivity index (χ2n) is 3.40. The van der Waals surface area contributed by atoms with Crippen molar-refractivity contribution in [3.8, 4) is 11.1 Å². The molecule has 0 N–H and O–H groups in total. The summed E-state index contributed by atoms with van der Waals surface area (Å²) >= 11 is 17.7. The molecule has 0 unspecified atom stereocenters. The third-order valence-corrected chi connectivity index (χ3v) is 3.18. The predicted molar refractivity (Wildman–Crippen MR) is 71.3 cm³/mol. The van der Waals surface area contributed by atoms with Crippen molar-refractivity contribution in [2.45, 2.75) is 4.84 Å². The van der Waals surface area contributed by atoms with Crippen LogP contribution in [0.2, 0.25) is 5.02 Å². The molecule has 0 radical (unpaired) electrons. The van der Waals surface area contributed by atoms with Gasteiger partial charge in [0.1, 0.15) is 4.84 Å². The molecule has 16 heavy (non-hydrogen) atoms. The van der Waals surface area contributed by atoms with Crippen LogP contribution in [0.3, 0.4) is 0 Å². The minimum atomic E-state index is -0.486. The van der Waals surface area contributed by atoms with Crippen LogP contribution in [0.4, 0.5) is 0 Å². The van der Waals surface area contributed by atoms with E-state index in [4.69, 9.17) is 34.8 Å². The molecule has 0 aromatic heterocycles. The smallest absolute Gasteiger partial charge is 0.100 e. The van der Waals surface area contributed by atoms with Crippen LogP contribution in [0.25, 0.3) is 11.1 Å². The summed E-state index contributed by atoms with van der Waals surface area (Å²) in [4.78, 5) is -0.486. The molecule has 0 heterocycles. The molecule has 0 aliphatic carbocycles. The zero-order chi connectivity index (χ0) is 11.5. The third kappa shape index (κ3) is 2.52. The summed E-state index contributed by atoms with van der Waals surface area (Å²) in [6.07, 6.45) is 0. The summed E-state index contributed by atoms with van der Waals surface area (Å²) in [6, 6.07) is 15.5. The predicted octanol–water partition coefficient (Wildman–Crippen LogP) is 5.48. The van der Waals surface area contributed by atoms with Gasteiger partial charge < -0.3 is 0 Å². The number of alkyl halides is 2. The second-order valence-corrected chi connectivity index (χ2v) is 4.91. The molecule has 0 aliphatic rings. The van der Waals surface area contributed by atoms with E-state index < -0.39 is 4.84 Å². The molecule has 0 atom stereocenters. The number of hydrogen-bond donors (Lipinski definition) is 0. The number of rotatable bonds is 2. The molecule has 0 bridgehead atoms. The first-order chi connectivity index (χ1) is 7.68. The molecule has 0 aliphatic heterocycles. The zero-order valence-corrected chi connectivity index (χ0v) is 10.6. The van der Waals surface area contributed by atoms with Crippen LogP contribution in [-0.2, 0) is 0 Å². The van der Waals surface area contributed by atoms with E-state index in [1.807, 2.05) is 48.5 Å². The van der Waals surface area contributed by atoms with E-state index in [0.717, 1.165) is 21.7 Å². The van der Waals surface area contributed by atoms with E-state index in [9.17, 15) is 0 Å². The molecule has 2 aromatic rings. The maximum absolute atomic E-state index is 6.11. The van der Waals surface area contributed by atoms with Crippen LogP contribution in [-0.4, -0.2) is 0 Å². The third-order valence-electron chi connectivity index (χ3n) is 2.35. The van der Waals surface area contributed by atoms with Crippen LogP contribution in [0.5, 0.6) is 0 Å². The lowest BCUT2D eigenvalue weighted by Gasteiger charge is -2.06. The first-order valence-corrected chi connectivity index (χ1v) is 6.06. The molecule has 0 fully saturated rings. The fourth-order valence-electron chi connectivity index (χ4n) is 1.50. The summed E-state index contributed by atoms with van der Waals surface area (Å²) in [7, 11) is 0. The van der Waals surface area contributed by atoms with Gasteiger partial charge in [0.2, 0.25) is 0 Å². The van der Waals surface area contributed by atoms with E-state index in [-0.39, 0.29) is 0 Å². The molecule has 82 valence electrons. The number of halogens is 3. The van der Waals surface area contributed by atoms with Gasteiger partial charge in [0, 0.05) is 10.6 Å². The van der Waals surface area contributed by atoms with Gasteiger partial charge in [-0.2, -0.15) is 0 Å². The van der Waals surface area contributed by atoms with Gasteiger partial charge in [0.15, 0.2) is 0 Å². The topological polar surface area (TPSA) is 0 Å². The van der Waals surface area contributed by atoms with Gasteiger partial charge in [-0.15, -0.1) is 23.2 Å². The highest BCUT2D eigenvalue weighted by molar-refractivity contribution is 6.44. The average Bonchev–Trinajstić information content (AvgIpc) is 2.30. The second kappa shape index (κ2) is 5.09. The van der Waals surface area contributed by atoms with Crippen molar-refractivity contribution in [2.24, 2.45) is 0 Å². The van der Waals surface area contributed by atoms with Crippen LogP contribution in [0, 0.1) is 0 Å². The molecule has 0 saturated carbocycles. The van der Waals surface area contributed by atoms with Crippen molar-refractivity contribution in [2.75, 3.05) is 0 Å². The fraction of sp³-hybridized carbons (Fsp3) is 0.0769. The Bertz CT molecular complexity index is 475. The van der Waals surface area contributed by atoms with E-state index in [2.05, 4.69) is 0 Å². The Morgan fingerprint density at radius 1 is 0.812 bits per heavy atom. The number of benzene rings is 2. The molecule has 0 spiro atoms. The van der Waals surface area contributed by atoms with Crippen molar-refractivity contribution in [1.82, 2.24) is 0 Å². The summed E-state index contributed by atoms with van der Waals surface area (Å²) in [5.41, 5.74) is 2.96. The average molecular weight is 272 g/mol. The summed E-state index contributed by atoms with van der Waals surface area (Å²) in [5, 5.41) is 0.739. The maximum Gasteiger partial charge on any atom is 0.132 e. The van der Waals surface area contributed by atoms with Crippen molar-refractivity contribution >= 4 is 34.8 Å². The van der Waals surface area contributed by atoms with Crippen molar-refractivity contribution in [1.29, 1.82) is 0 Å². The van der Waals surface area contributed by atoms with E-state index in [1.165, 1.54) is 0 Å². The molecule has 0 saturated heterocycles. The van der Waals surface area contributed by atoms with Gasteiger partial charge in [-0.3, -0.25) is 0 Å². The normalized spacial score (nSPS) is 10.8. The van der Waals surface area contributed by atoms with Crippen LogP contribution >= 0.6 is 34.8 Å². The Hall–Kier alpha value is -0.690. The van der Waals surface area contributed by atoms with Gasteiger partial charge >= 0.3 is 0 Å². The van der Waals surface area contributed by atoms with Crippen molar-refractivity contribution < 1.29 is 0 Å². The monoisotopic (exact) mass is 270 g/mol. The van der Waals surface area contributed by atoms with Crippen molar-refractivity contribution in [3.63, 3.8) is 0 Å². The van der Waals surface area contributed by atoms with Crippen LogP contribution in [0.15, 0.2) is 48.5 Å². The Balaban J connectivity index is 2.39. The van der Waals surface area contributed by atoms with Crippen LogP contribution < -0.4 is 0 Å². The van der Waals surface area contributed by atoms with E-state index in [1.54, 1.807) is 0 Å². The Labute approximate surface area is 110 Å². The number of hydrogen-bond acceptors (Lipinski definition) is 0. The highest BCUT2D eigenvalue weighted by Crippen LogP contribution is 2.30. The zero-order valence-electron chi connectivity index (χ0n) is 8.33. The Morgan fingerprint density at radius 2 is 1.44 bits per heavy atom. The lowest BCUT2D eigenvalue weighted by atomic mass is 10.0. The fourth-order valence-corrected chi connectivity index (χ4v) is 2.04. The summed E-state index contributed by atoms with van der Waals surface area (Å²) < 4.78 is 0. The molecular formula is C13H9Cl3. The van der Waals surface area contributed by atoms with E-state index in [0.29, 0.717) is 0 Å². The molecule has 0 amide bonds. The van der Waals surface area contributed by atoms with E-state index >= 15 is 0 Å². The minimum absolute atomic E-state index is 0.486. The highest BCUT2D eigenvalue weighted by atomic mass is 35.5. The Morgan fingerprint density at radius 3 is 2.00 bits per heavy atom. The van der Waals surface area contributed by atoms with Crippen molar-refractivity contribution in [3.05, 3.63) is 59.1 Å². The minimum Gasteiger partial charge on any atom is -0.100 e. The standard InChI is InChI=1S/C13H9Cl3/c14-12-4-2-1-3-11(12)9-5-7-10(8-6-9)13(15)16/h1-8,13H. The summed E-state index contributed by atoms with van der Waals surface area (Å²) in [6.45, 7) is 0. The SMILES string of the molecule is Clc1ccccc1-c1ccc(C(Cl)Cl)cc1. The molecular weight excluding hydrogens is 263 g/mol. The molecule has 2 aromatic carbocycles. The van der Waals surface area contributed by atoms with Gasteiger partial charge in [-0.25, -0.2) is 0 Å². The van der Waals surface area contributed by atoms with Gasteiger partial charge in [0.25, 0.3) is 0 Å². The molecule has 0 nitrogen and oxygen atoms in total. The highest BCUT2D eigenvalue weighted by Gasteiger charge is 2.05. The molecule has 2 rings (SSSR count). The quantitative estimate of drug-likeness (QED) is 0.634. The van der Waals surface area contributed by atoms with Gasteiger partial charge in [-0.1, -0.05) is 54.1 Å². The van der Waals surface area contributed by atoms with Gasteiger partial charge in [0.05, 0.1) is 0 Å². The first-order valence-electron chi connectivity index (χ1n) is 4.81. The van der Waals surface area contributed by atoms with Gasteiger partial charge in [-0.05, 0) is 17.2 Å². The lowest BCUT2D eigenvalue weighted by molar-refractivity contribution is 1.35. The lowest BCUT2D eigenvalue weighted by Crippen LogP contribution is -1.83. The Kier molecular flexibility index (Phi) is 3.75. The maximum atomic E-state index is 6.11. The first kappa shape index (κ1) is 11.8.